The molecule has 0 bridgehead atoms. The van der Waals surface area contributed by atoms with E-state index in [9.17, 15) is 0 Å². The molecule has 2 N–H and O–H groups in total. The number of furan rings is 1. The van der Waals surface area contributed by atoms with E-state index in [1.807, 2.05) is 31.2 Å². The summed E-state index contributed by atoms with van der Waals surface area (Å²) in [5.41, 5.74) is 2.72. The van der Waals surface area contributed by atoms with Crippen LogP contribution < -0.4 is 5.32 Å². The number of aromatic nitrogens is 2. The molecule has 0 amide bonds. The van der Waals surface area contributed by atoms with Crippen molar-refractivity contribution >= 4 is 28.9 Å². The first kappa shape index (κ1) is 14.0. The van der Waals surface area contributed by atoms with Gasteiger partial charge in [0.15, 0.2) is 5.76 Å². The Balaban J connectivity index is 1.78. The quantitative estimate of drug-likeness (QED) is 0.718. The summed E-state index contributed by atoms with van der Waals surface area (Å²) in [6.07, 6.45) is 1.77. The second-order valence-corrected chi connectivity index (χ2v) is 5.57. The van der Waals surface area contributed by atoms with Gasteiger partial charge in [0, 0.05) is 27.8 Å². The van der Waals surface area contributed by atoms with Crippen LogP contribution in [0.25, 0.3) is 11.5 Å². The van der Waals surface area contributed by atoms with E-state index in [0.29, 0.717) is 16.6 Å². The average Bonchev–Trinajstić information content (AvgIpc) is 3.03. The standard InChI is InChI=1S/C15H13Cl2N3O/c1-9-2-3-14(21-9)15-10(8-19-20-15)7-18-13-5-11(16)4-12(17)6-13/h2-6,8,18H,7H2,1H3,(H,19,20). The minimum atomic E-state index is 0.586. The third-order valence-corrected chi connectivity index (χ3v) is 3.49. The van der Waals surface area contributed by atoms with Crippen molar-refractivity contribution in [3.63, 3.8) is 0 Å². The monoisotopic (exact) mass is 321 g/mol. The number of nitrogens with zero attached hydrogens (tertiary/aromatic N) is 1. The summed E-state index contributed by atoms with van der Waals surface area (Å²) in [6, 6.07) is 9.18. The molecule has 2 aromatic heterocycles. The molecule has 1 aromatic carbocycles. The van der Waals surface area contributed by atoms with Crippen molar-refractivity contribution in [3.05, 3.63) is 57.9 Å². The van der Waals surface area contributed by atoms with Gasteiger partial charge < -0.3 is 9.73 Å². The van der Waals surface area contributed by atoms with Gasteiger partial charge in [-0.2, -0.15) is 5.10 Å². The lowest BCUT2D eigenvalue weighted by molar-refractivity contribution is 0.545. The second-order valence-electron chi connectivity index (χ2n) is 4.69. The summed E-state index contributed by atoms with van der Waals surface area (Å²) < 4.78 is 5.62. The molecular formula is C15H13Cl2N3O. The predicted octanol–water partition coefficient (Wildman–Crippen LogP) is 4.90. The topological polar surface area (TPSA) is 53.9 Å². The molecule has 0 spiro atoms. The maximum atomic E-state index is 5.98. The summed E-state index contributed by atoms with van der Waals surface area (Å²) in [5.74, 6) is 1.63. The molecule has 0 aliphatic rings. The van der Waals surface area contributed by atoms with Gasteiger partial charge in [0.25, 0.3) is 0 Å². The van der Waals surface area contributed by atoms with Crippen molar-refractivity contribution in [2.45, 2.75) is 13.5 Å². The molecule has 0 saturated carbocycles. The normalized spacial score (nSPS) is 10.8. The Kier molecular flexibility index (Phi) is 3.90. The Morgan fingerprint density at radius 3 is 2.62 bits per heavy atom. The van der Waals surface area contributed by atoms with Gasteiger partial charge >= 0.3 is 0 Å². The van der Waals surface area contributed by atoms with E-state index in [1.165, 1.54) is 0 Å². The van der Waals surface area contributed by atoms with Crippen LogP contribution in [0.5, 0.6) is 0 Å². The number of nitrogens with one attached hydrogen (secondary N) is 2. The van der Waals surface area contributed by atoms with E-state index in [4.69, 9.17) is 27.6 Å². The first-order valence-electron chi connectivity index (χ1n) is 6.41. The van der Waals surface area contributed by atoms with Crippen molar-refractivity contribution in [1.29, 1.82) is 0 Å². The highest BCUT2D eigenvalue weighted by molar-refractivity contribution is 6.35. The minimum Gasteiger partial charge on any atom is -0.460 e. The molecule has 0 radical (unpaired) electrons. The molecule has 0 aliphatic carbocycles. The van der Waals surface area contributed by atoms with Crippen LogP contribution in [-0.2, 0) is 6.54 Å². The molecule has 0 fully saturated rings. The lowest BCUT2D eigenvalue weighted by Gasteiger charge is -2.07. The Bertz CT molecular complexity index is 744. The number of hydrogen-bond acceptors (Lipinski definition) is 3. The van der Waals surface area contributed by atoms with Crippen LogP contribution in [0, 0.1) is 6.92 Å². The number of rotatable bonds is 4. The van der Waals surface area contributed by atoms with Crippen LogP contribution >= 0.6 is 23.2 Å². The van der Waals surface area contributed by atoms with E-state index in [0.717, 1.165) is 28.5 Å². The Morgan fingerprint density at radius 2 is 1.95 bits per heavy atom. The number of anilines is 1. The molecular weight excluding hydrogens is 309 g/mol. The molecule has 0 saturated heterocycles. The van der Waals surface area contributed by atoms with E-state index < -0.39 is 0 Å². The summed E-state index contributed by atoms with van der Waals surface area (Å²) in [6.45, 7) is 2.49. The van der Waals surface area contributed by atoms with Gasteiger partial charge in [-0.3, -0.25) is 5.10 Å². The van der Waals surface area contributed by atoms with E-state index >= 15 is 0 Å². The number of benzene rings is 1. The molecule has 2 heterocycles. The Hall–Kier alpha value is -1.91. The first-order chi connectivity index (χ1) is 10.1. The summed E-state index contributed by atoms with van der Waals surface area (Å²) >= 11 is 12.0. The minimum absolute atomic E-state index is 0.586. The lowest BCUT2D eigenvalue weighted by atomic mass is 10.2. The van der Waals surface area contributed by atoms with E-state index in [-0.39, 0.29) is 0 Å². The molecule has 0 aliphatic heterocycles. The third kappa shape index (κ3) is 3.23. The van der Waals surface area contributed by atoms with Crippen LogP contribution in [0.1, 0.15) is 11.3 Å². The smallest absolute Gasteiger partial charge is 0.152 e. The Labute approximate surface area is 132 Å². The van der Waals surface area contributed by atoms with Gasteiger partial charge in [-0.15, -0.1) is 0 Å². The number of aryl methyl sites for hydroxylation is 1. The van der Waals surface area contributed by atoms with Gasteiger partial charge in [0.05, 0.1) is 6.20 Å². The average molecular weight is 322 g/mol. The van der Waals surface area contributed by atoms with Crippen molar-refractivity contribution in [2.24, 2.45) is 0 Å². The highest BCUT2D eigenvalue weighted by Gasteiger charge is 2.11. The highest BCUT2D eigenvalue weighted by Crippen LogP contribution is 2.26. The zero-order chi connectivity index (χ0) is 14.8. The summed E-state index contributed by atoms with van der Waals surface area (Å²) in [4.78, 5) is 0. The lowest BCUT2D eigenvalue weighted by Crippen LogP contribution is -1.99. The Morgan fingerprint density at radius 1 is 1.19 bits per heavy atom. The predicted molar refractivity (Wildman–Crippen MR) is 84.8 cm³/mol. The fourth-order valence-electron chi connectivity index (χ4n) is 2.08. The molecule has 3 rings (SSSR count). The number of aromatic amines is 1. The summed E-state index contributed by atoms with van der Waals surface area (Å²) in [7, 11) is 0. The van der Waals surface area contributed by atoms with Crippen LogP contribution in [0.4, 0.5) is 5.69 Å². The van der Waals surface area contributed by atoms with Gasteiger partial charge in [-0.05, 0) is 37.3 Å². The molecule has 3 aromatic rings. The third-order valence-electron chi connectivity index (χ3n) is 3.05. The molecule has 0 atom stereocenters. The van der Waals surface area contributed by atoms with Gasteiger partial charge in [-0.25, -0.2) is 0 Å². The number of hydrogen-bond donors (Lipinski definition) is 2. The van der Waals surface area contributed by atoms with Crippen molar-refractivity contribution in [3.8, 4) is 11.5 Å². The highest BCUT2D eigenvalue weighted by atomic mass is 35.5. The number of H-pyrrole nitrogens is 1. The molecule has 0 unspecified atom stereocenters. The second kappa shape index (κ2) is 5.84. The van der Waals surface area contributed by atoms with Crippen molar-refractivity contribution in [2.75, 3.05) is 5.32 Å². The van der Waals surface area contributed by atoms with E-state index in [2.05, 4.69) is 15.5 Å². The van der Waals surface area contributed by atoms with Gasteiger partial charge in [-0.1, -0.05) is 23.2 Å². The number of halogens is 2. The fraction of sp³-hybridized carbons (Fsp3) is 0.133. The van der Waals surface area contributed by atoms with Crippen LogP contribution in [-0.4, -0.2) is 10.2 Å². The van der Waals surface area contributed by atoms with Crippen molar-refractivity contribution in [1.82, 2.24) is 10.2 Å². The fourth-order valence-corrected chi connectivity index (χ4v) is 2.61. The molecule has 21 heavy (non-hydrogen) atoms. The molecule has 4 nitrogen and oxygen atoms in total. The van der Waals surface area contributed by atoms with Crippen LogP contribution in [0.3, 0.4) is 0 Å². The largest absolute Gasteiger partial charge is 0.460 e. The SMILES string of the molecule is Cc1ccc(-c2[nH]ncc2CNc2cc(Cl)cc(Cl)c2)o1. The van der Waals surface area contributed by atoms with Crippen molar-refractivity contribution < 1.29 is 4.42 Å². The first-order valence-corrected chi connectivity index (χ1v) is 7.16. The molecule has 6 heteroatoms. The molecule has 108 valence electrons. The van der Waals surface area contributed by atoms with Crippen LogP contribution in [0.15, 0.2) is 40.9 Å². The maximum absolute atomic E-state index is 5.98. The van der Waals surface area contributed by atoms with Gasteiger partial charge in [0.2, 0.25) is 0 Å². The van der Waals surface area contributed by atoms with Gasteiger partial charge in [0.1, 0.15) is 11.5 Å². The zero-order valence-corrected chi connectivity index (χ0v) is 12.8. The summed E-state index contributed by atoms with van der Waals surface area (Å²) in [5, 5.41) is 11.5. The van der Waals surface area contributed by atoms with E-state index in [1.54, 1.807) is 12.3 Å². The maximum Gasteiger partial charge on any atom is 0.152 e. The zero-order valence-electron chi connectivity index (χ0n) is 11.3. The van der Waals surface area contributed by atoms with Crippen LogP contribution in [0.2, 0.25) is 10.0 Å².